The molecule has 23 heavy (non-hydrogen) atoms. The molecule has 0 aliphatic carbocycles. The number of urea groups is 1. The Balaban J connectivity index is 1.77. The van der Waals surface area contributed by atoms with E-state index in [0.717, 1.165) is 25.0 Å². The summed E-state index contributed by atoms with van der Waals surface area (Å²) in [6.45, 7) is 1.14. The molecule has 3 amide bonds. The fourth-order valence-electron chi connectivity index (χ4n) is 2.13. The minimum atomic E-state index is -4.76. The molecule has 2 rings (SSSR count). The first kappa shape index (κ1) is 16.9. The van der Waals surface area contributed by atoms with Crippen LogP contribution < -0.4 is 15.4 Å². The smallest absolute Gasteiger partial charge is 0.406 e. The van der Waals surface area contributed by atoms with E-state index in [1.54, 1.807) is 4.90 Å². The molecule has 1 heterocycles. The van der Waals surface area contributed by atoms with Gasteiger partial charge in [0.05, 0.1) is 6.54 Å². The van der Waals surface area contributed by atoms with E-state index >= 15 is 0 Å². The van der Waals surface area contributed by atoms with Crippen molar-refractivity contribution in [2.45, 2.75) is 19.2 Å². The molecule has 1 fully saturated rings. The standard InChI is InChI=1S/C14H16F3N3O3/c15-14(16,17)23-11-5-3-10(4-6-11)19-12(21)9-18-13(22)20-7-1-2-8-20/h3-6H,1-2,7-9H2,(H,18,22)(H,19,21). The zero-order valence-corrected chi connectivity index (χ0v) is 12.2. The number of hydrogen-bond donors (Lipinski definition) is 2. The molecule has 0 spiro atoms. The fraction of sp³-hybridized carbons (Fsp3) is 0.429. The first-order chi connectivity index (χ1) is 10.8. The molecule has 0 saturated carbocycles. The fourth-order valence-corrected chi connectivity index (χ4v) is 2.13. The van der Waals surface area contributed by atoms with Crippen LogP contribution >= 0.6 is 0 Å². The molecule has 0 atom stereocenters. The molecule has 126 valence electrons. The summed E-state index contributed by atoms with van der Waals surface area (Å²) in [5.41, 5.74) is 0.306. The van der Waals surface area contributed by atoms with Crippen molar-refractivity contribution in [2.24, 2.45) is 0 Å². The molecular formula is C14H16F3N3O3. The van der Waals surface area contributed by atoms with E-state index in [4.69, 9.17) is 0 Å². The van der Waals surface area contributed by atoms with Crippen molar-refractivity contribution in [1.82, 2.24) is 10.2 Å². The third-order valence-electron chi connectivity index (χ3n) is 3.17. The molecule has 0 bridgehead atoms. The van der Waals surface area contributed by atoms with Crippen molar-refractivity contribution >= 4 is 17.6 Å². The van der Waals surface area contributed by atoms with Crippen molar-refractivity contribution in [3.8, 4) is 5.75 Å². The lowest BCUT2D eigenvalue weighted by Crippen LogP contribution is -2.41. The van der Waals surface area contributed by atoms with E-state index < -0.39 is 12.3 Å². The Bertz CT molecular complexity index is 555. The zero-order chi connectivity index (χ0) is 16.9. The predicted molar refractivity (Wildman–Crippen MR) is 76.0 cm³/mol. The van der Waals surface area contributed by atoms with Gasteiger partial charge in [0, 0.05) is 18.8 Å². The van der Waals surface area contributed by atoms with Crippen LogP contribution in [0.1, 0.15) is 12.8 Å². The second-order valence-corrected chi connectivity index (χ2v) is 4.97. The maximum Gasteiger partial charge on any atom is 0.573 e. The maximum atomic E-state index is 12.0. The van der Waals surface area contributed by atoms with Crippen molar-refractivity contribution in [3.05, 3.63) is 24.3 Å². The van der Waals surface area contributed by atoms with Gasteiger partial charge in [0.25, 0.3) is 0 Å². The number of hydrogen-bond acceptors (Lipinski definition) is 3. The van der Waals surface area contributed by atoms with Gasteiger partial charge in [-0.1, -0.05) is 0 Å². The van der Waals surface area contributed by atoms with E-state index in [2.05, 4.69) is 15.4 Å². The van der Waals surface area contributed by atoms with Gasteiger partial charge in [0.2, 0.25) is 5.91 Å². The molecule has 0 aromatic heterocycles. The van der Waals surface area contributed by atoms with E-state index in [0.29, 0.717) is 18.8 Å². The highest BCUT2D eigenvalue weighted by atomic mass is 19.4. The van der Waals surface area contributed by atoms with Gasteiger partial charge < -0.3 is 20.3 Å². The summed E-state index contributed by atoms with van der Waals surface area (Å²) in [6, 6.07) is 4.44. The highest BCUT2D eigenvalue weighted by Crippen LogP contribution is 2.23. The van der Waals surface area contributed by atoms with Gasteiger partial charge >= 0.3 is 12.4 Å². The largest absolute Gasteiger partial charge is 0.573 e. The Labute approximate surface area is 130 Å². The molecule has 0 unspecified atom stereocenters. The Hall–Kier alpha value is -2.45. The van der Waals surface area contributed by atoms with Gasteiger partial charge in [0.1, 0.15) is 5.75 Å². The second-order valence-electron chi connectivity index (χ2n) is 4.97. The second kappa shape index (κ2) is 7.21. The average Bonchev–Trinajstić information content (AvgIpc) is 2.99. The number of halogens is 3. The monoisotopic (exact) mass is 331 g/mol. The number of rotatable bonds is 4. The van der Waals surface area contributed by atoms with Gasteiger partial charge in [-0.15, -0.1) is 13.2 Å². The number of likely N-dealkylation sites (tertiary alicyclic amines) is 1. The van der Waals surface area contributed by atoms with Crippen molar-refractivity contribution in [1.29, 1.82) is 0 Å². The first-order valence-electron chi connectivity index (χ1n) is 7.02. The molecular weight excluding hydrogens is 315 g/mol. The summed E-state index contributed by atoms with van der Waals surface area (Å²) in [4.78, 5) is 25.0. The molecule has 1 aromatic carbocycles. The van der Waals surface area contributed by atoms with E-state index in [-0.39, 0.29) is 18.3 Å². The normalized spacial score (nSPS) is 14.5. The number of nitrogens with zero attached hydrogens (tertiary/aromatic N) is 1. The molecule has 6 nitrogen and oxygen atoms in total. The van der Waals surface area contributed by atoms with E-state index in [9.17, 15) is 22.8 Å². The van der Waals surface area contributed by atoms with Crippen LogP contribution in [0.3, 0.4) is 0 Å². The van der Waals surface area contributed by atoms with Crippen LogP contribution in [0.25, 0.3) is 0 Å². The van der Waals surface area contributed by atoms with Crippen molar-refractivity contribution < 1.29 is 27.5 Å². The van der Waals surface area contributed by atoms with Gasteiger partial charge in [-0.2, -0.15) is 0 Å². The minimum absolute atomic E-state index is 0.212. The number of carbonyl (C=O) groups excluding carboxylic acids is 2. The molecule has 0 radical (unpaired) electrons. The van der Waals surface area contributed by atoms with Crippen LogP contribution in [0, 0.1) is 0 Å². The number of carbonyl (C=O) groups is 2. The third kappa shape index (κ3) is 5.68. The Morgan fingerprint density at radius 3 is 2.30 bits per heavy atom. The average molecular weight is 331 g/mol. The Morgan fingerprint density at radius 1 is 1.13 bits per heavy atom. The number of ether oxygens (including phenoxy) is 1. The summed E-state index contributed by atoms with van der Waals surface area (Å²) in [7, 11) is 0. The third-order valence-corrected chi connectivity index (χ3v) is 3.17. The summed E-state index contributed by atoms with van der Waals surface area (Å²) in [5, 5.41) is 4.96. The summed E-state index contributed by atoms with van der Waals surface area (Å²) >= 11 is 0. The number of anilines is 1. The molecule has 2 N–H and O–H groups in total. The first-order valence-corrected chi connectivity index (χ1v) is 7.02. The topological polar surface area (TPSA) is 70.7 Å². The Morgan fingerprint density at radius 2 is 1.74 bits per heavy atom. The lowest BCUT2D eigenvalue weighted by molar-refractivity contribution is -0.274. The molecule has 1 saturated heterocycles. The SMILES string of the molecule is O=C(CNC(=O)N1CCCC1)Nc1ccc(OC(F)(F)F)cc1. The van der Waals surface area contributed by atoms with Gasteiger partial charge in [0.15, 0.2) is 0 Å². The van der Waals surface area contributed by atoms with Crippen molar-refractivity contribution in [2.75, 3.05) is 25.0 Å². The number of alkyl halides is 3. The lowest BCUT2D eigenvalue weighted by atomic mass is 10.3. The van der Waals surface area contributed by atoms with E-state index in [1.165, 1.54) is 12.1 Å². The lowest BCUT2D eigenvalue weighted by Gasteiger charge is -2.16. The molecule has 9 heteroatoms. The molecule has 1 aliphatic heterocycles. The van der Waals surface area contributed by atoms with Crippen LogP contribution in [0.4, 0.5) is 23.7 Å². The minimum Gasteiger partial charge on any atom is -0.406 e. The Kier molecular flexibility index (Phi) is 5.30. The quantitative estimate of drug-likeness (QED) is 0.889. The molecule has 1 aliphatic rings. The van der Waals surface area contributed by atoms with Crippen LogP contribution in [0.15, 0.2) is 24.3 Å². The zero-order valence-electron chi connectivity index (χ0n) is 12.2. The number of benzene rings is 1. The van der Waals surface area contributed by atoms with Crippen LogP contribution in [-0.4, -0.2) is 42.8 Å². The van der Waals surface area contributed by atoms with Crippen LogP contribution in [-0.2, 0) is 4.79 Å². The summed E-state index contributed by atoms with van der Waals surface area (Å²) in [5.74, 6) is -0.847. The summed E-state index contributed by atoms with van der Waals surface area (Å²) < 4.78 is 39.8. The molecule has 1 aromatic rings. The maximum absolute atomic E-state index is 12.0. The van der Waals surface area contributed by atoms with Crippen molar-refractivity contribution in [3.63, 3.8) is 0 Å². The van der Waals surface area contributed by atoms with Gasteiger partial charge in [-0.25, -0.2) is 4.79 Å². The summed E-state index contributed by atoms with van der Waals surface area (Å²) in [6.07, 6.45) is -2.86. The van der Waals surface area contributed by atoms with Crippen LogP contribution in [0.2, 0.25) is 0 Å². The van der Waals surface area contributed by atoms with Gasteiger partial charge in [-0.3, -0.25) is 4.79 Å². The van der Waals surface area contributed by atoms with Gasteiger partial charge in [-0.05, 0) is 37.1 Å². The number of nitrogens with one attached hydrogen (secondary N) is 2. The number of amides is 3. The van der Waals surface area contributed by atoms with E-state index in [1.807, 2.05) is 0 Å². The predicted octanol–water partition coefficient (Wildman–Crippen LogP) is 2.33. The highest BCUT2D eigenvalue weighted by molar-refractivity contribution is 5.94. The highest BCUT2D eigenvalue weighted by Gasteiger charge is 2.30. The van der Waals surface area contributed by atoms with Crippen LogP contribution in [0.5, 0.6) is 5.75 Å².